The molecule has 0 saturated heterocycles. The molecule has 0 amide bonds. The van der Waals surface area contributed by atoms with Gasteiger partial charge in [0.1, 0.15) is 17.2 Å². The maximum absolute atomic E-state index is 10.3. The molecule has 0 saturated carbocycles. The molecule has 0 aliphatic rings. The molecule has 1 aromatic rings. The van der Waals surface area contributed by atoms with E-state index in [1.165, 1.54) is 14.2 Å². The zero-order valence-electron chi connectivity index (χ0n) is 11.3. The van der Waals surface area contributed by atoms with Gasteiger partial charge in [0.15, 0.2) is 0 Å². The van der Waals surface area contributed by atoms with Gasteiger partial charge in [-0.05, 0) is 12.5 Å². The summed E-state index contributed by atoms with van der Waals surface area (Å²) in [7, 11) is 4.64. The van der Waals surface area contributed by atoms with Crippen LogP contribution in [0.1, 0.15) is 18.6 Å². The van der Waals surface area contributed by atoms with Crippen molar-refractivity contribution in [1.29, 1.82) is 0 Å². The minimum Gasteiger partial charge on any atom is -0.496 e. The van der Waals surface area contributed by atoms with Gasteiger partial charge in [0, 0.05) is 12.1 Å². The van der Waals surface area contributed by atoms with Crippen molar-refractivity contribution in [2.75, 3.05) is 27.9 Å². The second-order valence-electron chi connectivity index (χ2n) is 4.10. The molecule has 0 bridgehead atoms. The number of benzene rings is 1. The van der Waals surface area contributed by atoms with Crippen LogP contribution in [0.2, 0.25) is 0 Å². The summed E-state index contributed by atoms with van der Waals surface area (Å²) in [6.45, 7) is 2.24. The first-order valence-corrected chi connectivity index (χ1v) is 5.77. The van der Waals surface area contributed by atoms with Crippen LogP contribution in [0, 0.1) is 5.92 Å². The molecule has 5 nitrogen and oxygen atoms in total. The molecule has 0 aromatic heterocycles. The minimum absolute atomic E-state index is 0.0961. The minimum atomic E-state index is -0.745. The largest absolute Gasteiger partial charge is 0.496 e. The lowest BCUT2D eigenvalue weighted by molar-refractivity contribution is 0.115. The molecule has 0 spiro atoms. The Balaban J connectivity index is 3.30. The molecule has 0 radical (unpaired) electrons. The summed E-state index contributed by atoms with van der Waals surface area (Å²) in [5, 5.41) is 10.3. The van der Waals surface area contributed by atoms with Crippen LogP contribution in [0.5, 0.6) is 17.2 Å². The van der Waals surface area contributed by atoms with Gasteiger partial charge in [-0.25, -0.2) is 0 Å². The summed E-state index contributed by atoms with van der Waals surface area (Å²) in [5.41, 5.74) is 6.18. The Morgan fingerprint density at radius 1 is 1.11 bits per heavy atom. The normalized spacial score (nSPS) is 13.9. The quantitative estimate of drug-likeness (QED) is 0.802. The van der Waals surface area contributed by atoms with Crippen molar-refractivity contribution in [2.45, 2.75) is 13.0 Å². The molecule has 0 fully saturated rings. The number of ether oxygens (including phenoxy) is 3. The maximum Gasteiger partial charge on any atom is 0.132 e. The van der Waals surface area contributed by atoms with Crippen molar-refractivity contribution in [1.82, 2.24) is 0 Å². The Morgan fingerprint density at radius 2 is 1.61 bits per heavy atom. The molecule has 5 heteroatoms. The third-order valence-electron chi connectivity index (χ3n) is 2.96. The van der Waals surface area contributed by atoms with Gasteiger partial charge in [-0.2, -0.15) is 0 Å². The second-order valence-corrected chi connectivity index (χ2v) is 4.10. The first-order valence-electron chi connectivity index (χ1n) is 5.77. The van der Waals surface area contributed by atoms with Gasteiger partial charge in [-0.15, -0.1) is 0 Å². The maximum atomic E-state index is 10.3. The van der Waals surface area contributed by atoms with Crippen molar-refractivity contribution in [3.8, 4) is 17.2 Å². The van der Waals surface area contributed by atoms with Crippen molar-refractivity contribution in [3.05, 3.63) is 17.7 Å². The summed E-state index contributed by atoms with van der Waals surface area (Å²) in [5.74, 6) is 1.57. The zero-order chi connectivity index (χ0) is 13.7. The molecular formula is C13H21NO4. The average Bonchev–Trinajstić information content (AvgIpc) is 2.43. The van der Waals surface area contributed by atoms with Crippen molar-refractivity contribution >= 4 is 0 Å². The molecular weight excluding hydrogens is 234 g/mol. The van der Waals surface area contributed by atoms with E-state index in [2.05, 4.69) is 0 Å². The highest BCUT2D eigenvalue weighted by Crippen LogP contribution is 2.40. The summed E-state index contributed by atoms with van der Waals surface area (Å²) in [4.78, 5) is 0. The summed E-state index contributed by atoms with van der Waals surface area (Å²) in [6.07, 6.45) is -0.745. The number of hydrogen-bond donors (Lipinski definition) is 2. The smallest absolute Gasteiger partial charge is 0.132 e. The number of rotatable bonds is 6. The van der Waals surface area contributed by atoms with E-state index in [-0.39, 0.29) is 5.92 Å². The van der Waals surface area contributed by atoms with Gasteiger partial charge < -0.3 is 25.1 Å². The Hall–Kier alpha value is -1.46. The lowest BCUT2D eigenvalue weighted by Crippen LogP contribution is -2.20. The fourth-order valence-electron chi connectivity index (χ4n) is 1.74. The van der Waals surface area contributed by atoms with E-state index in [9.17, 15) is 5.11 Å². The van der Waals surface area contributed by atoms with E-state index in [0.717, 1.165) is 0 Å². The monoisotopic (exact) mass is 255 g/mol. The molecule has 102 valence electrons. The van der Waals surface area contributed by atoms with E-state index in [1.54, 1.807) is 19.2 Å². The van der Waals surface area contributed by atoms with Gasteiger partial charge in [0.05, 0.1) is 33.0 Å². The standard InChI is InChI=1S/C13H21NO4/c1-8(7-14)13(15)12-10(17-3)5-9(16-2)6-11(12)18-4/h5-6,8,13,15H,7,14H2,1-4H3. The molecule has 1 rings (SSSR count). The highest BCUT2D eigenvalue weighted by atomic mass is 16.5. The lowest BCUT2D eigenvalue weighted by Gasteiger charge is -2.22. The number of aliphatic hydroxyl groups excluding tert-OH is 1. The predicted molar refractivity (Wildman–Crippen MR) is 69.3 cm³/mol. The molecule has 0 aliphatic carbocycles. The lowest BCUT2D eigenvalue weighted by atomic mass is 9.95. The zero-order valence-corrected chi connectivity index (χ0v) is 11.3. The van der Waals surface area contributed by atoms with E-state index >= 15 is 0 Å². The molecule has 3 N–H and O–H groups in total. The van der Waals surface area contributed by atoms with Crippen LogP contribution in [-0.4, -0.2) is 33.0 Å². The van der Waals surface area contributed by atoms with E-state index in [0.29, 0.717) is 29.4 Å². The molecule has 2 atom stereocenters. The van der Waals surface area contributed by atoms with Gasteiger partial charge in [0.2, 0.25) is 0 Å². The van der Waals surface area contributed by atoms with Crippen molar-refractivity contribution < 1.29 is 19.3 Å². The average molecular weight is 255 g/mol. The highest BCUT2D eigenvalue weighted by molar-refractivity contribution is 5.52. The van der Waals surface area contributed by atoms with Crippen molar-refractivity contribution in [2.24, 2.45) is 11.7 Å². The van der Waals surface area contributed by atoms with Crippen LogP contribution < -0.4 is 19.9 Å². The first kappa shape index (κ1) is 14.6. The predicted octanol–water partition coefficient (Wildman–Crippen LogP) is 1.34. The third kappa shape index (κ3) is 2.86. The van der Waals surface area contributed by atoms with Crippen LogP contribution in [0.3, 0.4) is 0 Å². The fourth-order valence-corrected chi connectivity index (χ4v) is 1.74. The molecule has 0 heterocycles. The third-order valence-corrected chi connectivity index (χ3v) is 2.96. The highest BCUT2D eigenvalue weighted by Gasteiger charge is 2.24. The van der Waals surface area contributed by atoms with E-state index in [4.69, 9.17) is 19.9 Å². The topological polar surface area (TPSA) is 73.9 Å². The summed E-state index contributed by atoms with van der Waals surface area (Å²) >= 11 is 0. The van der Waals surface area contributed by atoms with Crippen LogP contribution in [0.15, 0.2) is 12.1 Å². The van der Waals surface area contributed by atoms with Gasteiger partial charge >= 0.3 is 0 Å². The van der Waals surface area contributed by atoms with Gasteiger partial charge in [-0.3, -0.25) is 0 Å². The first-order chi connectivity index (χ1) is 8.58. The summed E-state index contributed by atoms with van der Waals surface area (Å²) in [6, 6.07) is 3.43. The SMILES string of the molecule is COc1cc(OC)c(C(O)C(C)CN)c(OC)c1. The number of hydrogen-bond acceptors (Lipinski definition) is 5. The summed E-state index contributed by atoms with van der Waals surface area (Å²) < 4.78 is 15.7. The Kier molecular flexibility index (Phi) is 5.25. The van der Waals surface area contributed by atoms with E-state index < -0.39 is 6.10 Å². The second kappa shape index (κ2) is 6.47. The molecule has 1 aromatic carbocycles. The van der Waals surface area contributed by atoms with Crippen LogP contribution in [0.25, 0.3) is 0 Å². The number of methoxy groups -OCH3 is 3. The van der Waals surface area contributed by atoms with Crippen molar-refractivity contribution in [3.63, 3.8) is 0 Å². The van der Waals surface area contributed by atoms with Crippen LogP contribution >= 0.6 is 0 Å². The van der Waals surface area contributed by atoms with Gasteiger partial charge in [-0.1, -0.05) is 6.92 Å². The number of nitrogens with two attached hydrogens (primary N) is 1. The molecule has 2 unspecified atom stereocenters. The fraction of sp³-hybridized carbons (Fsp3) is 0.538. The van der Waals surface area contributed by atoms with Gasteiger partial charge in [0.25, 0.3) is 0 Å². The van der Waals surface area contributed by atoms with Crippen LogP contribution in [0.4, 0.5) is 0 Å². The van der Waals surface area contributed by atoms with E-state index in [1.807, 2.05) is 6.92 Å². The Bertz CT molecular complexity index is 370. The molecule has 0 aliphatic heterocycles. The Labute approximate surface area is 107 Å². The number of aliphatic hydroxyl groups is 1. The molecule has 18 heavy (non-hydrogen) atoms. The Morgan fingerprint density at radius 3 is 1.94 bits per heavy atom. The van der Waals surface area contributed by atoms with Crippen LogP contribution in [-0.2, 0) is 0 Å².